The zero-order valence-electron chi connectivity index (χ0n) is 15.7. The van der Waals surface area contributed by atoms with Gasteiger partial charge in [0.15, 0.2) is 0 Å². The molecule has 28 heavy (non-hydrogen) atoms. The van der Waals surface area contributed by atoms with Crippen LogP contribution in [0.25, 0.3) is 10.6 Å². The summed E-state index contributed by atoms with van der Waals surface area (Å²) >= 11 is 1.55. The van der Waals surface area contributed by atoms with E-state index >= 15 is 0 Å². The average Bonchev–Trinajstić information content (AvgIpc) is 3.37. The highest BCUT2D eigenvalue weighted by Crippen LogP contribution is 2.38. The quantitative estimate of drug-likeness (QED) is 0.802. The molecule has 148 valence electrons. The van der Waals surface area contributed by atoms with E-state index in [1.807, 2.05) is 0 Å². The van der Waals surface area contributed by atoms with Gasteiger partial charge in [-0.25, -0.2) is 9.37 Å². The number of nitrogens with one attached hydrogen (secondary N) is 2. The van der Waals surface area contributed by atoms with E-state index < -0.39 is 0 Å². The number of thiazole rings is 1. The maximum absolute atomic E-state index is 13.2. The van der Waals surface area contributed by atoms with Crippen LogP contribution in [0.2, 0.25) is 0 Å². The first kappa shape index (κ1) is 19.1. The summed E-state index contributed by atoms with van der Waals surface area (Å²) in [7, 11) is 0. The Labute approximate surface area is 167 Å². The molecule has 1 aromatic heterocycles. The molecule has 0 saturated heterocycles. The molecule has 2 aliphatic rings. The maximum Gasteiger partial charge on any atom is 0.239 e. The molecule has 0 spiro atoms. The number of benzene rings is 1. The van der Waals surface area contributed by atoms with Crippen LogP contribution in [0.3, 0.4) is 0 Å². The van der Waals surface area contributed by atoms with Crippen molar-refractivity contribution in [3.8, 4) is 10.6 Å². The third kappa shape index (κ3) is 4.24. The number of rotatable bonds is 5. The standard InChI is InChI=1S/C21H24FN3O2S/c22-15-10-8-14(9-11-15)21-25-17-7-3-6-16(19(17)28-21)24-18(26)12-23-20(27)13-4-1-2-5-13/h8-11,13,16H,1-7,12H2,(H,23,27)(H,24,26). The van der Waals surface area contributed by atoms with Crippen molar-refractivity contribution in [2.45, 2.75) is 51.0 Å². The van der Waals surface area contributed by atoms with Gasteiger partial charge in [-0.15, -0.1) is 11.3 Å². The van der Waals surface area contributed by atoms with E-state index in [0.29, 0.717) is 0 Å². The number of carbonyl (C=O) groups is 2. The summed E-state index contributed by atoms with van der Waals surface area (Å²) < 4.78 is 13.2. The van der Waals surface area contributed by atoms with Crippen molar-refractivity contribution in [3.63, 3.8) is 0 Å². The minimum atomic E-state index is -0.269. The lowest BCUT2D eigenvalue weighted by Crippen LogP contribution is -2.40. The third-order valence-corrected chi connectivity index (χ3v) is 6.79. The minimum absolute atomic E-state index is 0.00614. The Bertz CT molecular complexity index is 859. The molecule has 0 aliphatic heterocycles. The first-order chi connectivity index (χ1) is 13.6. The molecule has 5 nitrogen and oxygen atoms in total. The molecule has 1 fully saturated rings. The number of halogens is 1. The van der Waals surface area contributed by atoms with Gasteiger partial charge in [-0.2, -0.15) is 0 Å². The number of hydrogen-bond acceptors (Lipinski definition) is 4. The summed E-state index contributed by atoms with van der Waals surface area (Å²) in [6, 6.07) is 6.24. The Hall–Kier alpha value is -2.28. The zero-order chi connectivity index (χ0) is 19.5. The maximum atomic E-state index is 13.2. The third-order valence-electron chi connectivity index (χ3n) is 5.53. The molecular weight excluding hydrogens is 377 g/mol. The Balaban J connectivity index is 1.39. The zero-order valence-corrected chi connectivity index (χ0v) is 16.5. The Morgan fingerprint density at radius 2 is 1.86 bits per heavy atom. The molecule has 2 aliphatic carbocycles. The van der Waals surface area contributed by atoms with Crippen LogP contribution in [0.4, 0.5) is 4.39 Å². The van der Waals surface area contributed by atoms with E-state index in [0.717, 1.165) is 66.1 Å². The van der Waals surface area contributed by atoms with Crippen molar-refractivity contribution in [1.82, 2.24) is 15.6 Å². The second-order valence-electron chi connectivity index (χ2n) is 7.55. The highest BCUT2D eigenvalue weighted by Gasteiger charge is 2.27. The van der Waals surface area contributed by atoms with Crippen LogP contribution in [0.5, 0.6) is 0 Å². The summed E-state index contributed by atoms with van der Waals surface area (Å²) in [5, 5.41) is 6.68. The van der Waals surface area contributed by atoms with Gasteiger partial charge < -0.3 is 10.6 Å². The number of fused-ring (bicyclic) bond motifs is 1. The smallest absolute Gasteiger partial charge is 0.239 e. The Morgan fingerprint density at radius 1 is 1.11 bits per heavy atom. The van der Waals surface area contributed by atoms with Crippen LogP contribution in [-0.4, -0.2) is 23.3 Å². The molecule has 4 rings (SSSR count). The van der Waals surface area contributed by atoms with Crippen molar-refractivity contribution in [3.05, 3.63) is 40.7 Å². The van der Waals surface area contributed by atoms with Crippen molar-refractivity contribution in [2.24, 2.45) is 5.92 Å². The van der Waals surface area contributed by atoms with Crippen LogP contribution in [-0.2, 0) is 16.0 Å². The fourth-order valence-electron chi connectivity index (χ4n) is 4.02. The van der Waals surface area contributed by atoms with Gasteiger partial charge in [0.1, 0.15) is 10.8 Å². The first-order valence-electron chi connectivity index (χ1n) is 9.93. The van der Waals surface area contributed by atoms with Crippen LogP contribution in [0.15, 0.2) is 24.3 Å². The molecular formula is C21H24FN3O2S. The molecule has 2 amide bonds. The second-order valence-corrected chi connectivity index (χ2v) is 8.58. The molecule has 1 saturated carbocycles. The molecule has 1 unspecified atom stereocenters. The predicted octanol–water partition coefficient (Wildman–Crippen LogP) is 3.75. The predicted molar refractivity (Wildman–Crippen MR) is 106 cm³/mol. The molecule has 1 heterocycles. The van der Waals surface area contributed by atoms with Crippen molar-refractivity contribution < 1.29 is 14.0 Å². The molecule has 0 radical (unpaired) electrons. The highest BCUT2D eigenvalue weighted by atomic mass is 32.1. The van der Waals surface area contributed by atoms with Gasteiger partial charge >= 0.3 is 0 Å². The number of nitrogens with zero attached hydrogens (tertiary/aromatic N) is 1. The summed E-state index contributed by atoms with van der Waals surface area (Å²) in [5.74, 6) is -0.377. The SMILES string of the molecule is O=C(CNC(=O)C1CCCC1)NC1CCCc2nc(-c3ccc(F)cc3)sc21. The van der Waals surface area contributed by atoms with Crippen molar-refractivity contribution >= 4 is 23.2 Å². The second kappa shape index (κ2) is 8.39. The van der Waals surface area contributed by atoms with Gasteiger partial charge in [-0.1, -0.05) is 12.8 Å². The summed E-state index contributed by atoms with van der Waals surface area (Å²) in [4.78, 5) is 30.3. The minimum Gasteiger partial charge on any atom is -0.347 e. The summed E-state index contributed by atoms with van der Waals surface area (Å²) in [6.07, 6.45) is 6.74. The van der Waals surface area contributed by atoms with Gasteiger partial charge in [-0.05, 0) is 56.4 Å². The number of carbonyl (C=O) groups excluding carboxylic acids is 2. The van der Waals surface area contributed by atoms with Gasteiger partial charge in [0, 0.05) is 11.5 Å². The lowest BCUT2D eigenvalue weighted by Gasteiger charge is -2.22. The van der Waals surface area contributed by atoms with Gasteiger partial charge in [-0.3, -0.25) is 9.59 Å². The molecule has 2 N–H and O–H groups in total. The number of hydrogen-bond donors (Lipinski definition) is 2. The lowest BCUT2D eigenvalue weighted by molar-refractivity contribution is -0.128. The number of amides is 2. The Morgan fingerprint density at radius 3 is 2.61 bits per heavy atom. The average molecular weight is 402 g/mol. The van der Waals surface area contributed by atoms with Crippen LogP contribution >= 0.6 is 11.3 Å². The highest BCUT2D eigenvalue weighted by molar-refractivity contribution is 7.15. The molecule has 7 heteroatoms. The summed E-state index contributed by atoms with van der Waals surface area (Å²) in [6.45, 7) is 0.0186. The van der Waals surface area contributed by atoms with E-state index in [2.05, 4.69) is 10.6 Å². The van der Waals surface area contributed by atoms with E-state index in [1.54, 1.807) is 23.5 Å². The molecule has 0 bridgehead atoms. The number of aromatic nitrogens is 1. The molecule has 1 atom stereocenters. The molecule has 1 aromatic carbocycles. The topological polar surface area (TPSA) is 71.1 Å². The fraction of sp³-hybridized carbons (Fsp3) is 0.476. The lowest BCUT2D eigenvalue weighted by atomic mass is 9.98. The van der Waals surface area contributed by atoms with Gasteiger partial charge in [0.2, 0.25) is 11.8 Å². The van der Waals surface area contributed by atoms with Crippen LogP contribution in [0, 0.1) is 11.7 Å². The van der Waals surface area contributed by atoms with E-state index in [1.165, 1.54) is 12.1 Å². The van der Waals surface area contributed by atoms with Crippen molar-refractivity contribution in [2.75, 3.05) is 6.54 Å². The van der Waals surface area contributed by atoms with E-state index in [4.69, 9.17) is 4.98 Å². The largest absolute Gasteiger partial charge is 0.347 e. The first-order valence-corrected chi connectivity index (χ1v) is 10.7. The number of aryl methyl sites for hydroxylation is 1. The monoisotopic (exact) mass is 401 g/mol. The van der Waals surface area contributed by atoms with Crippen LogP contribution < -0.4 is 10.6 Å². The normalized spacial score (nSPS) is 19.2. The molecule has 2 aromatic rings. The van der Waals surface area contributed by atoms with Gasteiger partial charge in [0.05, 0.1) is 23.2 Å². The van der Waals surface area contributed by atoms with Gasteiger partial charge in [0.25, 0.3) is 0 Å². The van der Waals surface area contributed by atoms with Crippen molar-refractivity contribution in [1.29, 1.82) is 0 Å². The fourth-order valence-corrected chi connectivity index (χ4v) is 5.22. The Kier molecular flexibility index (Phi) is 5.71. The van der Waals surface area contributed by atoms with E-state index in [9.17, 15) is 14.0 Å². The van der Waals surface area contributed by atoms with E-state index in [-0.39, 0.29) is 36.1 Å². The van der Waals surface area contributed by atoms with Crippen LogP contribution in [0.1, 0.15) is 55.1 Å². The summed E-state index contributed by atoms with van der Waals surface area (Å²) in [5.41, 5.74) is 1.89.